The maximum Gasteiger partial charge on any atom is 0.393 e. The Hall–Kier alpha value is -1.65. The molecule has 1 heterocycles. The molecule has 1 aliphatic heterocycles. The molecule has 0 radical (unpaired) electrons. The van der Waals surface area contributed by atoms with Crippen molar-refractivity contribution in [1.29, 1.82) is 0 Å². The Balaban J connectivity index is 2.07. The Kier molecular flexibility index (Phi) is 5.18. The van der Waals surface area contributed by atoms with Crippen LogP contribution in [0, 0.1) is 5.92 Å². The highest BCUT2D eigenvalue weighted by Crippen LogP contribution is 2.44. The Morgan fingerprint density at radius 1 is 1.40 bits per heavy atom. The molecular formula is C15H20F3N3O3S. The van der Waals surface area contributed by atoms with Crippen molar-refractivity contribution in [3.8, 4) is 0 Å². The number of alkyl halides is 3. The molecule has 0 aliphatic carbocycles. The van der Waals surface area contributed by atoms with Crippen LogP contribution in [0.5, 0.6) is 0 Å². The van der Waals surface area contributed by atoms with E-state index in [0.29, 0.717) is 0 Å². The van der Waals surface area contributed by atoms with Gasteiger partial charge < -0.3 is 5.32 Å². The molecule has 0 unspecified atom stereocenters. The highest BCUT2D eigenvalue weighted by molar-refractivity contribution is 7.89. The Morgan fingerprint density at radius 3 is 2.56 bits per heavy atom. The lowest BCUT2D eigenvalue weighted by Gasteiger charge is -2.36. The lowest BCUT2D eigenvalue weighted by Crippen LogP contribution is -2.49. The Bertz CT molecular complexity index is 763. The number of anilines is 1. The SMILES string of the molecule is CC1(C)[C@@H](C(F)(F)F)CCN1CC(=O)Nc1cccc(S(N)(=O)=O)c1. The molecule has 0 aromatic heterocycles. The molecule has 0 spiro atoms. The van der Waals surface area contributed by atoms with Gasteiger partial charge in [0.25, 0.3) is 0 Å². The summed E-state index contributed by atoms with van der Waals surface area (Å²) in [4.78, 5) is 13.5. The quantitative estimate of drug-likeness (QED) is 0.836. The van der Waals surface area contributed by atoms with Gasteiger partial charge >= 0.3 is 6.18 Å². The van der Waals surface area contributed by atoms with Crippen molar-refractivity contribution in [3.05, 3.63) is 24.3 Å². The number of nitrogens with two attached hydrogens (primary N) is 1. The number of sulfonamides is 1. The summed E-state index contributed by atoms with van der Waals surface area (Å²) in [5.74, 6) is -2.03. The molecule has 1 saturated heterocycles. The van der Waals surface area contributed by atoms with E-state index in [0.717, 1.165) is 0 Å². The van der Waals surface area contributed by atoms with Crippen LogP contribution in [-0.2, 0) is 14.8 Å². The third-order valence-corrected chi connectivity index (χ3v) is 5.44. The molecule has 1 fully saturated rings. The number of amides is 1. The summed E-state index contributed by atoms with van der Waals surface area (Å²) >= 11 is 0. The van der Waals surface area contributed by atoms with Crippen LogP contribution in [0.4, 0.5) is 18.9 Å². The topological polar surface area (TPSA) is 92.5 Å². The molecule has 1 aromatic carbocycles. The van der Waals surface area contributed by atoms with Gasteiger partial charge in [0.1, 0.15) is 0 Å². The minimum absolute atomic E-state index is 0.0648. The zero-order valence-corrected chi connectivity index (χ0v) is 14.6. The van der Waals surface area contributed by atoms with E-state index in [-0.39, 0.29) is 30.1 Å². The number of nitrogens with one attached hydrogen (secondary N) is 1. The van der Waals surface area contributed by atoms with Crippen LogP contribution in [0.15, 0.2) is 29.2 Å². The maximum absolute atomic E-state index is 13.1. The predicted octanol–water partition coefficient (Wildman–Crippen LogP) is 1.94. The van der Waals surface area contributed by atoms with Gasteiger partial charge in [0.2, 0.25) is 15.9 Å². The van der Waals surface area contributed by atoms with Crippen LogP contribution >= 0.6 is 0 Å². The number of hydrogen-bond acceptors (Lipinski definition) is 4. The fourth-order valence-corrected chi connectivity index (χ4v) is 3.68. The molecule has 0 saturated carbocycles. The van der Waals surface area contributed by atoms with E-state index in [1.54, 1.807) is 0 Å². The van der Waals surface area contributed by atoms with Gasteiger partial charge in [0.05, 0.1) is 17.4 Å². The van der Waals surface area contributed by atoms with Gasteiger partial charge in [-0.3, -0.25) is 9.69 Å². The summed E-state index contributed by atoms with van der Waals surface area (Å²) in [7, 11) is -3.91. The zero-order chi connectivity index (χ0) is 19.0. The van der Waals surface area contributed by atoms with Crippen LogP contribution in [0.1, 0.15) is 20.3 Å². The zero-order valence-electron chi connectivity index (χ0n) is 13.8. The molecule has 140 valence electrons. The second-order valence-corrected chi connectivity index (χ2v) is 8.14. The van der Waals surface area contributed by atoms with Crippen molar-refractivity contribution in [2.24, 2.45) is 11.1 Å². The second-order valence-electron chi connectivity index (χ2n) is 6.58. The molecule has 10 heteroatoms. The van der Waals surface area contributed by atoms with E-state index in [2.05, 4.69) is 5.32 Å². The minimum atomic E-state index is -4.32. The number of carbonyl (C=O) groups is 1. The molecule has 2 rings (SSSR count). The number of benzene rings is 1. The maximum atomic E-state index is 13.1. The van der Waals surface area contributed by atoms with Crippen LogP contribution in [0.3, 0.4) is 0 Å². The van der Waals surface area contributed by atoms with Crippen LogP contribution in [0.2, 0.25) is 0 Å². The number of nitrogens with zero attached hydrogens (tertiary/aromatic N) is 1. The first kappa shape index (κ1) is 19.7. The average Bonchev–Trinajstić information content (AvgIpc) is 2.73. The van der Waals surface area contributed by atoms with Gasteiger partial charge in [-0.15, -0.1) is 0 Å². The largest absolute Gasteiger partial charge is 0.393 e. The molecular weight excluding hydrogens is 359 g/mol. The average molecular weight is 379 g/mol. The Morgan fingerprint density at radius 2 is 2.04 bits per heavy atom. The number of halogens is 3. The van der Waals surface area contributed by atoms with Gasteiger partial charge in [-0.1, -0.05) is 6.07 Å². The fourth-order valence-electron chi connectivity index (χ4n) is 3.12. The summed E-state index contributed by atoms with van der Waals surface area (Å²) in [5.41, 5.74) is -0.987. The van der Waals surface area contributed by atoms with Crippen LogP contribution < -0.4 is 10.5 Å². The van der Waals surface area contributed by atoms with Crippen molar-refractivity contribution >= 4 is 21.6 Å². The summed E-state index contributed by atoms with van der Waals surface area (Å²) in [5, 5.41) is 7.52. The summed E-state index contributed by atoms with van der Waals surface area (Å²) < 4.78 is 61.9. The summed E-state index contributed by atoms with van der Waals surface area (Å²) in [6.45, 7) is 2.86. The Labute approximate surface area is 144 Å². The molecule has 0 bridgehead atoms. The first-order valence-electron chi connectivity index (χ1n) is 7.56. The smallest absolute Gasteiger partial charge is 0.325 e. The lowest BCUT2D eigenvalue weighted by atomic mass is 9.88. The first-order chi connectivity index (χ1) is 11.3. The fraction of sp³-hybridized carbons (Fsp3) is 0.533. The van der Waals surface area contributed by atoms with Crippen LogP contribution in [-0.4, -0.2) is 44.0 Å². The minimum Gasteiger partial charge on any atom is -0.325 e. The van der Waals surface area contributed by atoms with E-state index < -0.39 is 33.6 Å². The van der Waals surface area contributed by atoms with Crippen molar-refractivity contribution in [2.75, 3.05) is 18.4 Å². The standard InChI is InChI=1S/C15H20F3N3O3S/c1-14(2)12(15(16,17)18)6-7-21(14)9-13(22)20-10-4-3-5-11(8-10)25(19,23)24/h3-5,8,12H,6-7,9H2,1-2H3,(H,20,22)(H2,19,23,24)/t12-/m0/s1. The molecule has 3 N–H and O–H groups in total. The molecule has 25 heavy (non-hydrogen) atoms. The van der Waals surface area contributed by atoms with E-state index in [1.165, 1.54) is 43.0 Å². The number of hydrogen-bond donors (Lipinski definition) is 2. The van der Waals surface area contributed by atoms with Gasteiger partial charge in [-0.2, -0.15) is 13.2 Å². The van der Waals surface area contributed by atoms with Crippen molar-refractivity contribution in [1.82, 2.24) is 4.90 Å². The van der Waals surface area contributed by atoms with Gasteiger partial charge in [-0.05, 0) is 45.0 Å². The van der Waals surface area contributed by atoms with E-state index >= 15 is 0 Å². The van der Waals surface area contributed by atoms with Crippen LogP contribution in [0.25, 0.3) is 0 Å². The predicted molar refractivity (Wildman–Crippen MR) is 86.3 cm³/mol. The van der Waals surface area contributed by atoms with Crippen molar-refractivity contribution in [2.45, 2.75) is 36.9 Å². The summed E-state index contributed by atoms with van der Waals surface area (Å²) in [6, 6.07) is 5.36. The normalized spacial score (nSPS) is 21.3. The molecule has 6 nitrogen and oxygen atoms in total. The number of primary sulfonamides is 1. The van der Waals surface area contributed by atoms with E-state index in [4.69, 9.17) is 5.14 Å². The van der Waals surface area contributed by atoms with Gasteiger partial charge in [0, 0.05) is 11.2 Å². The molecule has 1 aromatic rings. The highest BCUT2D eigenvalue weighted by atomic mass is 32.2. The lowest BCUT2D eigenvalue weighted by molar-refractivity contribution is -0.191. The number of carbonyl (C=O) groups excluding carboxylic acids is 1. The van der Waals surface area contributed by atoms with E-state index in [9.17, 15) is 26.4 Å². The van der Waals surface area contributed by atoms with Crippen molar-refractivity contribution < 1.29 is 26.4 Å². The highest BCUT2D eigenvalue weighted by Gasteiger charge is 2.54. The third kappa shape index (κ3) is 4.50. The number of likely N-dealkylation sites (tertiary alicyclic amines) is 1. The van der Waals surface area contributed by atoms with Gasteiger partial charge in [-0.25, -0.2) is 13.6 Å². The number of rotatable bonds is 4. The monoisotopic (exact) mass is 379 g/mol. The second kappa shape index (κ2) is 6.58. The molecule has 1 atom stereocenters. The first-order valence-corrected chi connectivity index (χ1v) is 9.11. The third-order valence-electron chi connectivity index (χ3n) is 4.53. The van der Waals surface area contributed by atoms with Gasteiger partial charge in [0.15, 0.2) is 0 Å². The molecule has 1 aliphatic rings. The summed E-state index contributed by atoms with van der Waals surface area (Å²) in [6.07, 6.45) is -4.39. The van der Waals surface area contributed by atoms with Crippen molar-refractivity contribution in [3.63, 3.8) is 0 Å². The van der Waals surface area contributed by atoms with E-state index in [1.807, 2.05) is 0 Å². The molecule has 1 amide bonds.